The fourth-order valence-corrected chi connectivity index (χ4v) is 2.19. The van der Waals surface area contributed by atoms with Crippen LogP contribution in [0.4, 0.5) is 0 Å². The van der Waals surface area contributed by atoms with Crippen LogP contribution in [-0.4, -0.2) is 23.1 Å². The molecular formula is C13H15Cl2N3. The molecule has 5 heteroatoms. The minimum atomic E-state index is 0.313. The van der Waals surface area contributed by atoms with Crippen molar-refractivity contribution >= 4 is 23.2 Å². The fourth-order valence-electron chi connectivity index (χ4n) is 1.87. The summed E-state index contributed by atoms with van der Waals surface area (Å²) in [7, 11) is 1.95. The normalized spacial score (nSPS) is 12.6. The lowest BCUT2D eigenvalue weighted by molar-refractivity contribution is 0.545. The highest BCUT2D eigenvalue weighted by Crippen LogP contribution is 2.23. The molecule has 0 radical (unpaired) electrons. The minimum Gasteiger partial charge on any atom is -0.349 e. The molecular weight excluding hydrogens is 269 g/mol. The molecule has 1 aromatic heterocycles. The number of imidazole rings is 1. The van der Waals surface area contributed by atoms with Crippen molar-refractivity contribution in [3.05, 3.63) is 52.0 Å². The molecule has 0 spiro atoms. The first-order valence-corrected chi connectivity index (χ1v) is 6.54. The average Bonchev–Trinajstić information content (AvgIpc) is 2.86. The summed E-state index contributed by atoms with van der Waals surface area (Å²) in [6.45, 7) is 0. The molecule has 2 N–H and O–H groups in total. The minimum absolute atomic E-state index is 0.313. The molecule has 18 heavy (non-hydrogen) atoms. The van der Waals surface area contributed by atoms with Gasteiger partial charge in [0.05, 0.1) is 10.0 Å². The van der Waals surface area contributed by atoms with E-state index in [-0.39, 0.29) is 0 Å². The van der Waals surface area contributed by atoms with Gasteiger partial charge in [0, 0.05) is 24.9 Å². The van der Waals surface area contributed by atoms with Gasteiger partial charge in [0.15, 0.2) is 0 Å². The van der Waals surface area contributed by atoms with Crippen LogP contribution < -0.4 is 5.32 Å². The van der Waals surface area contributed by atoms with Crippen LogP contribution in [-0.2, 0) is 12.8 Å². The molecule has 0 aliphatic rings. The first-order valence-electron chi connectivity index (χ1n) is 5.78. The molecule has 1 unspecified atom stereocenters. The third kappa shape index (κ3) is 3.48. The number of halogens is 2. The summed E-state index contributed by atoms with van der Waals surface area (Å²) in [4.78, 5) is 7.34. The molecule has 1 heterocycles. The van der Waals surface area contributed by atoms with E-state index in [4.69, 9.17) is 23.2 Å². The number of hydrogen-bond acceptors (Lipinski definition) is 2. The molecule has 0 amide bonds. The summed E-state index contributed by atoms with van der Waals surface area (Å²) < 4.78 is 0. The van der Waals surface area contributed by atoms with E-state index in [1.807, 2.05) is 31.4 Å². The number of H-pyrrole nitrogens is 1. The van der Waals surface area contributed by atoms with E-state index in [1.54, 1.807) is 6.20 Å². The third-order valence-electron chi connectivity index (χ3n) is 2.87. The highest BCUT2D eigenvalue weighted by Gasteiger charge is 2.10. The summed E-state index contributed by atoms with van der Waals surface area (Å²) in [6, 6.07) is 6.06. The maximum Gasteiger partial charge on any atom is 0.107 e. The molecule has 0 fully saturated rings. The monoisotopic (exact) mass is 283 g/mol. The molecule has 1 atom stereocenters. The Balaban J connectivity index is 2.03. The smallest absolute Gasteiger partial charge is 0.107 e. The van der Waals surface area contributed by atoms with Crippen LogP contribution in [0.25, 0.3) is 0 Å². The number of hydrogen-bond donors (Lipinski definition) is 2. The van der Waals surface area contributed by atoms with Crippen LogP contribution in [0.15, 0.2) is 30.6 Å². The zero-order chi connectivity index (χ0) is 13.0. The van der Waals surface area contributed by atoms with Crippen molar-refractivity contribution in [3.8, 4) is 0 Å². The van der Waals surface area contributed by atoms with E-state index in [0.29, 0.717) is 16.1 Å². The SMILES string of the molecule is CNC(Cc1ccc(Cl)c(Cl)c1)Cc1ncc[nH]1. The second kappa shape index (κ2) is 6.23. The number of rotatable bonds is 5. The Hall–Kier alpha value is -1.03. The molecule has 1 aromatic carbocycles. The Morgan fingerprint density at radius 2 is 2.11 bits per heavy atom. The van der Waals surface area contributed by atoms with E-state index in [1.165, 1.54) is 0 Å². The van der Waals surface area contributed by atoms with Gasteiger partial charge in [-0.15, -0.1) is 0 Å². The van der Waals surface area contributed by atoms with E-state index in [0.717, 1.165) is 24.2 Å². The summed E-state index contributed by atoms with van der Waals surface area (Å²) in [5, 5.41) is 4.48. The molecule has 3 nitrogen and oxygen atoms in total. The summed E-state index contributed by atoms with van der Waals surface area (Å²) >= 11 is 11.9. The van der Waals surface area contributed by atoms with Gasteiger partial charge in [-0.25, -0.2) is 4.98 Å². The van der Waals surface area contributed by atoms with E-state index >= 15 is 0 Å². The van der Waals surface area contributed by atoms with Crippen LogP contribution in [0.2, 0.25) is 10.0 Å². The van der Waals surface area contributed by atoms with Gasteiger partial charge in [0.1, 0.15) is 5.82 Å². The molecule has 0 saturated carbocycles. The lowest BCUT2D eigenvalue weighted by Gasteiger charge is -2.15. The van der Waals surface area contributed by atoms with Crippen LogP contribution >= 0.6 is 23.2 Å². The number of aromatic nitrogens is 2. The molecule has 0 bridgehead atoms. The number of nitrogens with zero attached hydrogens (tertiary/aromatic N) is 1. The van der Waals surface area contributed by atoms with Gasteiger partial charge >= 0.3 is 0 Å². The van der Waals surface area contributed by atoms with E-state index in [2.05, 4.69) is 15.3 Å². The quantitative estimate of drug-likeness (QED) is 0.885. The van der Waals surface area contributed by atoms with Crippen LogP contribution in [0.5, 0.6) is 0 Å². The summed E-state index contributed by atoms with van der Waals surface area (Å²) in [5.74, 6) is 0.981. The van der Waals surface area contributed by atoms with Crippen molar-refractivity contribution in [1.29, 1.82) is 0 Å². The Labute approximate surface area is 117 Å². The van der Waals surface area contributed by atoms with Gasteiger partial charge in [0.25, 0.3) is 0 Å². The molecule has 2 rings (SSSR count). The van der Waals surface area contributed by atoms with Gasteiger partial charge in [-0.05, 0) is 31.2 Å². The molecule has 0 aliphatic heterocycles. The lowest BCUT2D eigenvalue weighted by atomic mass is 10.0. The largest absolute Gasteiger partial charge is 0.349 e. The zero-order valence-corrected chi connectivity index (χ0v) is 11.6. The Bertz CT molecular complexity index is 497. The lowest BCUT2D eigenvalue weighted by Crippen LogP contribution is -2.30. The Kier molecular flexibility index (Phi) is 4.64. The van der Waals surface area contributed by atoms with Crippen LogP contribution in [0.3, 0.4) is 0 Å². The van der Waals surface area contributed by atoms with Crippen LogP contribution in [0, 0.1) is 0 Å². The van der Waals surface area contributed by atoms with Gasteiger partial charge in [0.2, 0.25) is 0 Å². The van der Waals surface area contributed by atoms with Crippen molar-refractivity contribution in [2.45, 2.75) is 18.9 Å². The zero-order valence-electron chi connectivity index (χ0n) is 10.1. The topological polar surface area (TPSA) is 40.7 Å². The number of aromatic amines is 1. The average molecular weight is 284 g/mol. The first kappa shape index (κ1) is 13.4. The van der Waals surface area contributed by atoms with Crippen LogP contribution in [0.1, 0.15) is 11.4 Å². The van der Waals surface area contributed by atoms with Crippen molar-refractivity contribution < 1.29 is 0 Å². The number of benzene rings is 1. The molecule has 0 aliphatic carbocycles. The summed E-state index contributed by atoms with van der Waals surface area (Å²) in [5.41, 5.74) is 1.16. The predicted molar refractivity (Wildman–Crippen MR) is 75.3 cm³/mol. The highest BCUT2D eigenvalue weighted by atomic mass is 35.5. The van der Waals surface area contributed by atoms with Gasteiger partial charge < -0.3 is 10.3 Å². The second-order valence-electron chi connectivity index (χ2n) is 4.18. The van der Waals surface area contributed by atoms with Crippen molar-refractivity contribution in [1.82, 2.24) is 15.3 Å². The fraction of sp³-hybridized carbons (Fsp3) is 0.308. The first-order chi connectivity index (χ1) is 8.69. The highest BCUT2D eigenvalue weighted by molar-refractivity contribution is 6.42. The van der Waals surface area contributed by atoms with Gasteiger partial charge in [-0.3, -0.25) is 0 Å². The van der Waals surface area contributed by atoms with Crippen molar-refractivity contribution in [2.75, 3.05) is 7.05 Å². The third-order valence-corrected chi connectivity index (χ3v) is 3.61. The maximum atomic E-state index is 6.01. The van der Waals surface area contributed by atoms with Crippen molar-refractivity contribution in [2.24, 2.45) is 0 Å². The van der Waals surface area contributed by atoms with Crippen molar-refractivity contribution in [3.63, 3.8) is 0 Å². The molecule has 2 aromatic rings. The molecule has 0 saturated heterocycles. The summed E-state index contributed by atoms with van der Waals surface area (Å²) in [6.07, 6.45) is 5.33. The van der Waals surface area contributed by atoms with Gasteiger partial charge in [-0.1, -0.05) is 29.3 Å². The Morgan fingerprint density at radius 3 is 2.72 bits per heavy atom. The second-order valence-corrected chi connectivity index (χ2v) is 4.99. The van der Waals surface area contributed by atoms with E-state index in [9.17, 15) is 0 Å². The van der Waals surface area contributed by atoms with Gasteiger partial charge in [-0.2, -0.15) is 0 Å². The van der Waals surface area contributed by atoms with E-state index < -0.39 is 0 Å². The molecule has 96 valence electrons. The maximum absolute atomic E-state index is 6.01. The number of likely N-dealkylation sites (N-methyl/N-ethyl adjacent to an activating group) is 1. The Morgan fingerprint density at radius 1 is 1.28 bits per heavy atom. The number of nitrogens with one attached hydrogen (secondary N) is 2. The standard InChI is InChI=1S/C13H15Cl2N3/c1-16-10(8-13-17-4-5-18-13)6-9-2-3-11(14)12(15)7-9/h2-5,7,10,16H,6,8H2,1H3,(H,17,18). The predicted octanol–water partition coefficient (Wildman–Crippen LogP) is 3.09.